The first kappa shape index (κ1) is 13.0. The van der Waals surface area contributed by atoms with Gasteiger partial charge in [0.05, 0.1) is 16.8 Å². The molecule has 0 radical (unpaired) electrons. The Morgan fingerprint density at radius 1 is 1.29 bits per heavy atom. The van der Waals surface area contributed by atoms with E-state index in [0.717, 1.165) is 11.0 Å². The van der Waals surface area contributed by atoms with Crippen LogP contribution < -0.4 is 5.32 Å². The summed E-state index contributed by atoms with van der Waals surface area (Å²) < 4.78 is 1.90. The maximum Gasteiger partial charge on any atom is 0.274 e. The molecular formula is C14H13N5O2. The molecule has 0 fully saturated rings. The number of imidazole rings is 1. The monoisotopic (exact) mass is 283 g/mol. The number of aryl methyl sites for hydroxylation is 1. The molecule has 7 nitrogen and oxygen atoms in total. The van der Waals surface area contributed by atoms with E-state index in [2.05, 4.69) is 15.3 Å². The molecule has 0 aliphatic rings. The minimum absolute atomic E-state index is 0.0956. The SMILES string of the molecule is Cn1cnc2c(NCc3ccccc3[N+](=O)[O-])nccc21. The Morgan fingerprint density at radius 3 is 2.90 bits per heavy atom. The predicted octanol–water partition coefficient (Wildman–Crippen LogP) is 2.49. The zero-order valence-electron chi connectivity index (χ0n) is 11.4. The number of nitrogens with zero attached hydrogens (tertiary/aromatic N) is 4. The molecule has 3 rings (SSSR count). The second kappa shape index (κ2) is 5.20. The molecule has 0 atom stereocenters. The highest BCUT2D eigenvalue weighted by Gasteiger charge is 2.13. The van der Waals surface area contributed by atoms with Crippen LogP contribution in [0.25, 0.3) is 11.0 Å². The van der Waals surface area contributed by atoms with Gasteiger partial charge in [-0.3, -0.25) is 10.1 Å². The summed E-state index contributed by atoms with van der Waals surface area (Å²) in [5.41, 5.74) is 2.41. The van der Waals surface area contributed by atoms with Gasteiger partial charge in [0, 0.05) is 31.4 Å². The highest BCUT2D eigenvalue weighted by molar-refractivity contribution is 5.85. The van der Waals surface area contributed by atoms with Gasteiger partial charge < -0.3 is 9.88 Å². The van der Waals surface area contributed by atoms with Crippen LogP contribution in [0.1, 0.15) is 5.56 Å². The number of para-hydroxylation sites is 1. The summed E-state index contributed by atoms with van der Waals surface area (Å²) >= 11 is 0. The molecule has 21 heavy (non-hydrogen) atoms. The van der Waals surface area contributed by atoms with Gasteiger partial charge in [0.15, 0.2) is 5.82 Å². The van der Waals surface area contributed by atoms with E-state index in [1.165, 1.54) is 6.07 Å². The molecular weight excluding hydrogens is 270 g/mol. The third-order valence-corrected chi connectivity index (χ3v) is 3.28. The largest absolute Gasteiger partial charge is 0.364 e. The third kappa shape index (κ3) is 2.40. The summed E-state index contributed by atoms with van der Waals surface area (Å²) in [6.07, 6.45) is 3.40. The Labute approximate surface area is 120 Å². The minimum atomic E-state index is -0.383. The van der Waals surface area contributed by atoms with Crippen LogP contribution in [-0.2, 0) is 13.6 Å². The van der Waals surface area contributed by atoms with Gasteiger partial charge in [0.2, 0.25) is 0 Å². The van der Waals surface area contributed by atoms with Gasteiger partial charge in [-0.25, -0.2) is 9.97 Å². The maximum atomic E-state index is 11.0. The molecule has 0 unspecified atom stereocenters. The molecule has 1 N–H and O–H groups in total. The number of hydrogen-bond acceptors (Lipinski definition) is 5. The van der Waals surface area contributed by atoms with E-state index < -0.39 is 0 Å². The molecule has 0 spiro atoms. The zero-order valence-corrected chi connectivity index (χ0v) is 11.4. The fourth-order valence-electron chi connectivity index (χ4n) is 2.21. The standard InChI is InChI=1S/C14H13N5O2/c1-18-9-17-13-12(18)6-7-15-14(13)16-8-10-4-2-3-5-11(10)19(20)21/h2-7,9H,8H2,1H3,(H,15,16). The summed E-state index contributed by atoms with van der Waals surface area (Å²) in [4.78, 5) is 19.2. The fraction of sp³-hybridized carbons (Fsp3) is 0.143. The quantitative estimate of drug-likeness (QED) is 0.587. The van der Waals surface area contributed by atoms with Crippen molar-refractivity contribution < 1.29 is 4.92 Å². The molecule has 2 aromatic heterocycles. The molecule has 1 aromatic carbocycles. The molecule has 0 amide bonds. The van der Waals surface area contributed by atoms with Crippen molar-refractivity contribution in [1.82, 2.24) is 14.5 Å². The van der Waals surface area contributed by atoms with Gasteiger partial charge in [-0.2, -0.15) is 0 Å². The Hall–Kier alpha value is -2.96. The number of nitro groups is 1. The average Bonchev–Trinajstić information content (AvgIpc) is 2.87. The van der Waals surface area contributed by atoms with Crippen LogP contribution >= 0.6 is 0 Å². The van der Waals surface area contributed by atoms with E-state index in [9.17, 15) is 10.1 Å². The molecule has 0 aliphatic carbocycles. The maximum absolute atomic E-state index is 11.0. The van der Waals surface area contributed by atoms with Crippen molar-refractivity contribution in [2.45, 2.75) is 6.54 Å². The Bertz CT molecular complexity index is 812. The Kier molecular flexibility index (Phi) is 3.23. The normalized spacial score (nSPS) is 10.7. The van der Waals surface area contributed by atoms with Crippen molar-refractivity contribution in [1.29, 1.82) is 0 Å². The van der Waals surface area contributed by atoms with Crippen LogP contribution in [0.3, 0.4) is 0 Å². The smallest absolute Gasteiger partial charge is 0.274 e. The summed E-state index contributed by atoms with van der Waals surface area (Å²) in [6, 6.07) is 8.52. The van der Waals surface area contributed by atoms with Crippen LogP contribution in [-0.4, -0.2) is 19.5 Å². The van der Waals surface area contributed by atoms with Crippen molar-refractivity contribution in [2.75, 3.05) is 5.32 Å². The fourth-order valence-corrected chi connectivity index (χ4v) is 2.21. The average molecular weight is 283 g/mol. The molecule has 2 heterocycles. The zero-order chi connectivity index (χ0) is 14.8. The highest BCUT2D eigenvalue weighted by Crippen LogP contribution is 2.22. The van der Waals surface area contributed by atoms with Gasteiger partial charge in [-0.05, 0) is 6.07 Å². The summed E-state index contributed by atoms with van der Waals surface area (Å²) in [7, 11) is 1.90. The minimum Gasteiger partial charge on any atom is -0.364 e. The number of aromatic nitrogens is 3. The molecule has 0 saturated heterocycles. The van der Waals surface area contributed by atoms with Crippen LogP contribution in [0.5, 0.6) is 0 Å². The number of nitro benzene ring substituents is 1. The first-order valence-electron chi connectivity index (χ1n) is 6.39. The van der Waals surface area contributed by atoms with E-state index in [0.29, 0.717) is 17.9 Å². The Balaban J connectivity index is 1.89. The van der Waals surface area contributed by atoms with Crippen LogP contribution in [0.15, 0.2) is 42.9 Å². The van der Waals surface area contributed by atoms with Crippen molar-refractivity contribution in [2.24, 2.45) is 7.05 Å². The van der Waals surface area contributed by atoms with E-state index in [1.807, 2.05) is 17.7 Å². The number of rotatable bonds is 4. The molecule has 3 aromatic rings. The van der Waals surface area contributed by atoms with Crippen LogP contribution in [0, 0.1) is 10.1 Å². The van der Waals surface area contributed by atoms with Crippen LogP contribution in [0.2, 0.25) is 0 Å². The van der Waals surface area contributed by atoms with Gasteiger partial charge >= 0.3 is 0 Å². The van der Waals surface area contributed by atoms with Gasteiger partial charge in [-0.15, -0.1) is 0 Å². The van der Waals surface area contributed by atoms with Gasteiger partial charge in [0.25, 0.3) is 5.69 Å². The van der Waals surface area contributed by atoms with Crippen molar-refractivity contribution in [3.63, 3.8) is 0 Å². The number of fused-ring (bicyclic) bond motifs is 1. The summed E-state index contributed by atoms with van der Waals surface area (Å²) in [6.45, 7) is 0.319. The van der Waals surface area contributed by atoms with Crippen LogP contribution in [0.4, 0.5) is 11.5 Å². The highest BCUT2D eigenvalue weighted by atomic mass is 16.6. The number of hydrogen-bond donors (Lipinski definition) is 1. The van der Waals surface area contributed by atoms with Crippen molar-refractivity contribution in [3.05, 3.63) is 58.5 Å². The van der Waals surface area contributed by atoms with E-state index >= 15 is 0 Å². The lowest BCUT2D eigenvalue weighted by molar-refractivity contribution is -0.385. The number of anilines is 1. The van der Waals surface area contributed by atoms with Crippen molar-refractivity contribution >= 4 is 22.5 Å². The molecule has 0 saturated carbocycles. The lowest BCUT2D eigenvalue weighted by Gasteiger charge is -2.07. The van der Waals surface area contributed by atoms with E-state index in [-0.39, 0.29) is 10.6 Å². The van der Waals surface area contributed by atoms with E-state index in [1.54, 1.807) is 30.7 Å². The second-order valence-electron chi connectivity index (χ2n) is 4.62. The predicted molar refractivity (Wildman–Crippen MR) is 78.9 cm³/mol. The lowest BCUT2D eigenvalue weighted by atomic mass is 10.2. The first-order valence-corrected chi connectivity index (χ1v) is 6.39. The van der Waals surface area contributed by atoms with Gasteiger partial charge in [0.1, 0.15) is 5.52 Å². The molecule has 0 aliphatic heterocycles. The second-order valence-corrected chi connectivity index (χ2v) is 4.62. The molecule has 0 bridgehead atoms. The summed E-state index contributed by atoms with van der Waals surface area (Å²) in [5.74, 6) is 0.617. The Morgan fingerprint density at radius 2 is 2.10 bits per heavy atom. The number of benzene rings is 1. The number of nitrogens with one attached hydrogen (secondary N) is 1. The molecule has 106 valence electrons. The third-order valence-electron chi connectivity index (χ3n) is 3.28. The molecule has 7 heteroatoms. The topological polar surface area (TPSA) is 85.9 Å². The first-order chi connectivity index (χ1) is 10.2. The number of pyridine rings is 1. The van der Waals surface area contributed by atoms with E-state index in [4.69, 9.17) is 0 Å². The summed E-state index contributed by atoms with van der Waals surface area (Å²) in [5, 5.41) is 14.1. The van der Waals surface area contributed by atoms with Crippen molar-refractivity contribution in [3.8, 4) is 0 Å². The lowest BCUT2D eigenvalue weighted by Crippen LogP contribution is -2.04. The van der Waals surface area contributed by atoms with Gasteiger partial charge in [-0.1, -0.05) is 18.2 Å².